The molecule has 3 N–H and O–H groups in total. The van der Waals surface area contributed by atoms with Gasteiger partial charge in [-0.25, -0.2) is 0 Å². The summed E-state index contributed by atoms with van der Waals surface area (Å²) in [4.78, 5) is 4.74. The van der Waals surface area contributed by atoms with Crippen molar-refractivity contribution in [2.45, 2.75) is 26.3 Å². The third-order valence-electron chi connectivity index (χ3n) is 3.87. The van der Waals surface area contributed by atoms with E-state index < -0.39 is 0 Å². The number of amidine groups is 1. The first-order valence-electron chi connectivity index (χ1n) is 7.01. The van der Waals surface area contributed by atoms with Gasteiger partial charge in [-0.3, -0.25) is 10.3 Å². The van der Waals surface area contributed by atoms with Gasteiger partial charge in [-0.1, -0.05) is 19.1 Å². The Labute approximate surface area is 115 Å². The molecule has 1 aliphatic heterocycles. The van der Waals surface area contributed by atoms with Crippen LogP contribution in [0.3, 0.4) is 0 Å². The molecule has 1 fully saturated rings. The highest BCUT2D eigenvalue weighted by atomic mass is 15.3. The predicted octanol–water partition coefficient (Wildman–Crippen LogP) is 1.83. The Hall–Kier alpha value is -1.55. The smallest absolute Gasteiger partial charge is 0.108 e. The van der Waals surface area contributed by atoms with Gasteiger partial charge >= 0.3 is 0 Å². The second-order valence-electron chi connectivity index (χ2n) is 5.24. The number of rotatable bonds is 4. The van der Waals surface area contributed by atoms with Gasteiger partial charge in [0.1, 0.15) is 5.84 Å². The topological polar surface area (TPSA) is 56.4 Å². The molecule has 1 saturated heterocycles. The van der Waals surface area contributed by atoms with Crippen molar-refractivity contribution < 1.29 is 0 Å². The maximum absolute atomic E-state index is 7.65. The van der Waals surface area contributed by atoms with E-state index in [9.17, 15) is 0 Å². The minimum Gasteiger partial charge on any atom is -0.386 e. The van der Waals surface area contributed by atoms with Crippen molar-refractivity contribution in [2.75, 3.05) is 31.1 Å². The van der Waals surface area contributed by atoms with Gasteiger partial charge in [-0.05, 0) is 31.0 Å². The average molecular weight is 260 g/mol. The monoisotopic (exact) mass is 260 g/mol. The molecule has 1 aliphatic rings. The molecule has 4 heteroatoms. The molecule has 19 heavy (non-hydrogen) atoms. The molecule has 0 amide bonds. The lowest BCUT2D eigenvalue weighted by atomic mass is 10.1. The van der Waals surface area contributed by atoms with Crippen LogP contribution in [0.4, 0.5) is 5.69 Å². The summed E-state index contributed by atoms with van der Waals surface area (Å²) in [5.74, 6) is 0.298. The van der Waals surface area contributed by atoms with Crippen LogP contribution in [0.25, 0.3) is 0 Å². The van der Waals surface area contributed by atoms with Gasteiger partial charge < -0.3 is 10.6 Å². The summed E-state index contributed by atoms with van der Waals surface area (Å²) in [6.07, 6.45) is 0.916. The van der Waals surface area contributed by atoms with Gasteiger partial charge in [-0.15, -0.1) is 0 Å². The molecule has 0 radical (unpaired) electrons. The Morgan fingerprint density at radius 1 is 1.32 bits per heavy atom. The highest BCUT2D eigenvalue weighted by Gasteiger charge is 2.24. The minimum absolute atomic E-state index is 0.111. The molecule has 2 rings (SSSR count). The van der Waals surface area contributed by atoms with E-state index >= 15 is 0 Å². The van der Waals surface area contributed by atoms with Crippen LogP contribution in [-0.2, 0) is 0 Å². The summed E-state index contributed by atoms with van der Waals surface area (Å²) in [5.41, 5.74) is 8.27. The van der Waals surface area contributed by atoms with Crippen LogP contribution in [0.2, 0.25) is 0 Å². The molecule has 4 nitrogen and oxygen atoms in total. The molecule has 1 aromatic carbocycles. The number of benzene rings is 1. The number of hydrogen-bond acceptors (Lipinski definition) is 3. The van der Waals surface area contributed by atoms with Gasteiger partial charge in [0.25, 0.3) is 0 Å². The summed E-state index contributed by atoms with van der Waals surface area (Å²) >= 11 is 0. The number of nitrogens with zero attached hydrogens (tertiary/aromatic N) is 2. The fourth-order valence-electron chi connectivity index (χ4n) is 2.79. The van der Waals surface area contributed by atoms with E-state index in [0.717, 1.165) is 32.6 Å². The maximum atomic E-state index is 7.65. The second-order valence-corrected chi connectivity index (χ2v) is 5.24. The van der Waals surface area contributed by atoms with Gasteiger partial charge in [0.2, 0.25) is 0 Å². The molecule has 0 spiro atoms. The Morgan fingerprint density at radius 2 is 2.00 bits per heavy atom. The third-order valence-corrected chi connectivity index (χ3v) is 3.87. The van der Waals surface area contributed by atoms with Crippen LogP contribution < -0.4 is 10.6 Å². The average Bonchev–Trinajstić information content (AvgIpc) is 2.40. The van der Waals surface area contributed by atoms with Gasteiger partial charge in [0.15, 0.2) is 0 Å². The van der Waals surface area contributed by atoms with Crippen molar-refractivity contribution in [3.63, 3.8) is 0 Å². The molecule has 1 atom stereocenters. The first-order valence-corrected chi connectivity index (χ1v) is 7.01. The zero-order valence-corrected chi connectivity index (χ0v) is 11.9. The van der Waals surface area contributed by atoms with Crippen molar-refractivity contribution in [3.05, 3.63) is 29.8 Å². The van der Waals surface area contributed by atoms with Crippen molar-refractivity contribution in [1.29, 1.82) is 5.41 Å². The van der Waals surface area contributed by atoms with E-state index in [0.29, 0.717) is 5.84 Å². The quantitative estimate of drug-likeness (QED) is 0.641. The first-order chi connectivity index (χ1) is 9.11. The maximum Gasteiger partial charge on any atom is 0.108 e. The van der Waals surface area contributed by atoms with E-state index in [1.807, 2.05) is 0 Å². The van der Waals surface area contributed by atoms with Crippen LogP contribution >= 0.6 is 0 Å². The number of aryl methyl sites for hydroxylation is 1. The van der Waals surface area contributed by atoms with E-state index in [1.165, 1.54) is 11.3 Å². The molecule has 1 heterocycles. The zero-order chi connectivity index (χ0) is 13.8. The lowest BCUT2D eigenvalue weighted by Gasteiger charge is -2.39. The molecular weight excluding hydrogens is 236 g/mol. The van der Waals surface area contributed by atoms with E-state index in [-0.39, 0.29) is 6.04 Å². The predicted molar refractivity (Wildman–Crippen MR) is 81.0 cm³/mol. The highest BCUT2D eigenvalue weighted by molar-refractivity contribution is 5.82. The van der Waals surface area contributed by atoms with Crippen molar-refractivity contribution in [1.82, 2.24) is 4.90 Å². The zero-order valence-electron chi connectivity index (χ0n) is 11.9. The van der Waals surface area contributed by atoms with Gasteiger partial charge in [0, 0.05) is 31.9 Å². The van der Waals surface area contributed by atoms with Crippen LogP contribution in [0.15, 0.2) is 24.3 Å². The highest BCUT2D eigenvalue weighted by Crippen LogP contribution is 2.19. The Kier molecular flexibility index (Phi) is 4.43. The Balaban J connectivity index is 1.97. The largest absolute Gasteiger partial charge is 0.386 e. The number of nitrogens with one attached hydrogen (secondary N) is 1. The summed E-state index contributed by atoms with van der Waals surface area (Å²) in [7, 11) is 0. The van der Waals surface area contributed by atoms with Crippen LogP contribution in [0.5, 0.6) is 0 Å². The summed E-state index contributed by atoms with van der Waals surface area (Å²) in [6, 6.07) is 8.76. The number of piperazine rings is 1. The van der Waals surface area contributed by atoms with Crippen LogP contribution in [-0.4, -0.2) is 43.0 Å². The fourth-order valence-corrected chi connectivity index (χ4v) is 2.79. The van der Waals surface area contributed by atoms with E-state index in [4.69, 9.17) is 11.1 Å². The molecule has 1 aromatic rings. The van der Waals surface area contributed by atoms with Crippen molar-refractivity contribution >= 4 is 11.5 Å². The third kappa shape index (κ3) is 3.26. The lowest BCUT2D eigenvalue weighted by molar-refractivity contribution is 0.222. The van der Waals surface area contributed by atoms with Crippen molar-refractivity contribution in [2.24, 2.45) is 5.73 Å². The van der Waals surface area contributed by atoms with Crippen LogP contribution in [0, 0.1) is 12.3 Å². The molecule has 0 saturated carbocycles. The molecule has 0 bridgehead atoms. The van der Waals surface area contributed by atoms with Crippen molar-refractivity contribution in [3.8, 4) is 0 Å². The standard InChI is InChI=1S/C15H24N4/c1-3-14(15(16)17)19-9-7-18(8-10-19)13-6-4-5-12(2)11-13/h4-6,11,14H,3,7-10H2,1-2H3,(H3,16,17). The summed E-state index contributed by atoms with van der Waals surface area (Å²) in [6.45, 7) is 8.19. The normalized spacial score (nSPS) is 18.3. The lowest BCUT2D eigenvalue weighted by Crippen LogP contribution is -2.53. The first kappa shape index (κ1) is 13.9. The second kappa shape index (κ2) is 6.06. The van der Waals surface area contributed by atoms with Gasteiger partial charge in [0.05, 0.1) is 6.04 Å². The molecular formula is C15H24N4. The molecule has 1 unspecified atom stereocenters. The summed E-state index contributed by atoms with van der Waals surface area (Å²) < 4.78 is 0. The number of nitrogens with two attached hydrogens (primary N) is 1. The van der Waals surface area contributed by atoms with Gasteiger partial charge in [-0.2, -0.15) is 0 Å². The molecule has 0 aromatic heterocycles. The Morgan fingerprint density at radius 3 is 2.53 bits per heavy atom. The minimum atomic E-state index is 0.111. The van der Waals surface area contributed by atoms with Crippen LogP contribution in [0.1, 0.15) is 18.9 Å². The number of hydrogen-bond donors (Lipinski definition) is 2. The summed E-state index contributed by atoms with van der Waals surface area (Å²) in [5, 5.41) is 7.65. The SMILES string of the molecule is CCC(C(=N)N)N1CCN(c2cccc(C)c2)CC1. The van der Waals surface area contributed by atoms with E-state index in [1.54, 1.807) is 0 Å². The number of anilines is 1. The molecule has 0 aliphatic carbocycles. The van der Waals surface area contributed by atoms with E-state index in [2.05, 4.69) is 47.9 Å². The fraction of sp³-hybridized carbons (Fsp3) is 0.533. The Bertz CT molecular complexity index is 436. The molecule has 104 valence electrons.